The molecule has 6 nitrogen and oxygen atoms in total. The first-order chi connectivity index (χ1) is 16.0. The minimum atomic E-state index is -0.981. The van der Waals surface area contributed by atoms with E-state index >= 15 is 0 Å². The van der Waals surface area contributed by atoms with Gasteiger partial charge in [-0.3, -0.25) is 9.59 Å². The molecule has 4 aromatic rings. The fourth-order valence-electron chi connectivity index (χ4n) is 3.71. The molecule has 5 rings (SSSR count). The molecule has 1 aliphatic rings. The van der Waals surface area contributed by atoms with Gasteiger partial charge in [0.15, 0.2) is 11.0 Å². The van der Waals surface area contributed by atoms with Gasteiger partial charge in [-0.2, -0.15) is 0 Å². The second-order valence-corrected chi connectivity index (χ2v) is 8.95. The molecule has 0 radical (unpaired) electrons. The van der Waals surface area contributed by atoms with Gasteiger partial charge in [-0.1, -0.05) is 65.8 Å². The predicted molar refractivity (Wildman–Crippen MR) is 124 cm³/mol. The van der Waals surface area contributed by atoms with E-state index < -0.39 is 28.9 Å². The molecule has 164 valence electrons. The van der Waals surface area contributed by atoms with Crippen molar-refractivity contribution < 1.29 is 14.0 Å². The summed E-state index contributed by atoms with van der Waals surface area (Å²) in [5.41, 5.74) is 1.59. The van der Waals surface area contributed by atoms with Crippen LogP contribution in [0, 0.1) is 5.82 Å². The van der Waals surface area contributed by atoms with Crippen molar-refractivity contribution in [2.45, 2.75) is 16.4 Å². The third kappa shape index (κ3) is 4.15. The molecule has 3 aromatic carbocycles. The van der Waals surface area contributed by atoms with Crippen molar-refractivity contribution in [3.8, 4) is 11.4 Å². The van der Waals surface area contributed by atoms with Crippen LogP contribution in [0.2, 0.25) is 5.02 Å². The molecule has 1 aromatic heterocycles. The number of aromatic nitrogens is 3. The number of fused-ring (bicyclic) bond motifs is 1. The third-order valence-corrected chi connectivity index (χ3v) is 6.75. The largest absolute Gasteiger partial charge is 0.339 e. The van der Waals surface area contributed by atoms with E-state index in [9.17, 15) is 14.0 Å². The van der Waals surface area contributed by atoms with E-state index in [1.54, 1.807) is 66.7 Å². The summed E-state index contributed by atoms with van der Waals surface area (Å²) in [5.74, 6) is -0.930. The van der Waals surface area contributed by atoms with Gasteiger partial charge >= 0.3 is 0 Å². The number of hydrogen-bond acceptors (Lipinski definition) is 5. The maximum absolute atomic E-state index is 14.0. The summed E-state index contributed by atoms with van der Waals surface area (Å²) < 4.78 is 15.4. The van der Waals surface area contributed by atoms with Gasteiger partial charge in [-0.05, 0) is 42.0 Å². The average Bonchev–Trinajstić information content (AvgIpc) is 3.25. The number of nitrogens with one attached hydrogen (secondary N) is 1. The fourth-order valence-corrected chi connectivity index (χ4v) is 5.10. The van der Waals surface area contributed by atoms with Crippen LogP contribution < -0.4 is 5.32 Å². The molecular weight excluding hydrogens is 463 g/mol. The normalized spacial score (nSPS) is 17.5. The van der Waals surface area contributed by atoms with Crippen LogP contribution in [0.5, 0.6) is 0 Å². The Kier molecular flexibility index (Phi) is 5.70. The van der Waals surface area contributed by atoms with Gasteiger partial charge in [-0.25, -0.2) is 8.96 Å². The van der Waals surface area contributed by atoms with Gasteiger partial charge < -0.3 is 5.32 Å². The number of nitrogens with zero attached hydrogens (tertiary/aromatic N) is 3. The summed E-state index contributed by atoms with van der Waals surface area (Å²) in [5, 5.41) is 11.5. The van der Waals surface area contributed by atoms with Gasteiger partial charge in [-0.15, -0.1) is 10.2 Å². The summed E-state index contributed by atoms with van der Waals surface area (Å²) in [6, 6.07) is 20.5. The zero-order valence-corrected chi connectivity index (χ0v) is 18.6. The molecule has 0 spiro atoms. The number of hydrogen-bond donors (Lipinski definition) is 1. The number of rotatable bonds is 4. The molecule has 33 heavy (non-hydrogen) atoms. The number of halogens is 2. The zero-order valence-electron chi connectivity index (χ0n) is 17.0. The topological polar surface area (TPSA) is 76.9 Å². The Bertz CT molecular complexity index is 1360. The predicted octanol–water partition coefficient (Wildman–Crippen LogP) is 5.02. The van der Waals surface area contributed by atoms with Gasteiger partial charge in [0, 0.05) is 16.1 Å². The molecule has 2 unspecified atom stereocenters. The highest BCUT2D eigenvalue weighted by atomic mass is 35.5. The molecule has 1 N–H and O–H groups in total. The van der Waals surface area contributed by atoms with Crippen LogP contribution in [0.1, 0.15) is 26.0 Å². The average molecular weight is 479 g/mol. The standard InChI is InChI=1S/C24H16ClFN4O2S/c25-17-10-4-9-16(12-17)21-28-29-24-30(21)23(32)19(27-22(31)14-6-2-1-3-7-14)20(33-24)15-8-5-11-18(26)13-15/h1-13,19-20H,(H,27,31). The Labute approximate surface area is 197 Å². The number of amides is 1. The Balaban J connectivity index is 1.58. The second-order valence-electron chi connectivity index (χ2n) is 7.40. The number of benzene rings is 3. The minimum Gasteiger partial charge on any atom is -0.339 e. The van der Waals surface area contributed by atoms with Crippen LogP contribution in [-0.4, -0.2) is 32.6 Å². The van der Waals surface area contributed by atoms with E-state index in [4.69, 9.17) is 11.6 Å². The van der Waals surface area contributed by atoms with E-state index in [1.165, 1.54) is 28.5 Å². The molecule has 0 saturated carbocycles. The lowest BCUT2D eigenvalue weighted by Gasteiger charge is -2.31. The Morgan fingerprint density at radius 3 is 2.55 bits per heavy atom. The van der Waals surface area contributed by atoms with E-state index in [-0.39, 0.29) is 0 Å². The van der Waals surface area contributed by atoms with Crippen LogP contribution in [-0.2, 0) is 0 Å². The van der Waals surface area contributed by atoms with Crippen molar-refractivity contribution in [3.05, 3.63) is 101 Å². The highest BCUT2D eigenvalue weighted by molar-refractivity contribution is 7.99. The van der Waals surface area contributed by atoms with E-state index in [2.05, 4.69) is 15.5 Å². The molecule has 0 fully saturated rings. The number of carbonyl (C=O) groups excluding carboxylic acids is 2. The van der Waals surface area contributed by atoms with Gasteiger partial charge in [0.25, 0.3) is 11.8 Å². The molecular formula is C24H16ClFN4O2S. The van der Waals surface area contributed by atoms with Crippen LogP contribution >= 0.6 is 23.4 Å². The van der Waals surface area contributed by atoms with E-state index in [1.807, 2.05) is 0 Å². The quantitative estimate of drug-likeness (QED) is 0.445. The molecule has 0 saturated heterocycles. The third-order valence-electron chi connectivity index (χ3n) is 5.24. The molecule has 9 heteroatoms. The van der Waals surface area contributed by atoms with Crippen molar-refractivity contribution in [3.63, 3.8) is 0 Å². The monoisotopic (exact) mass is 478 g/mol. The SMILES string of the molecule is O=C(NC1C(=O)n2c(nnc2-c2cccc(Cl)c2)SC1c1cccc(F)c1)c1ccccc1. The van der Waals surface area contributed by atoms with Crippen molar-refractivity contribution in [2.24, 2.45) is 0 Å². The highest BCUT2D eigenvalue weighted by Gasteiger charge is 2.41. The molecule has 1 aliphatic heterocycles. The lowest BCUT2D eigenvalue weighted by atomic mass is 10.0. The molecule has 1 amide bonds. The summed E-state index contributed by atoms with van der Waals surface area (Å²) >= 11 is 7.37. The summed E-state index contributed by atoms with van der Waals surface area (Å²) in [7, 11) is 0. The van der Waals surface area contributed by atoms with Crippen molar-refractivity contribution in [2.75, 3.05) is 0 Å². The Hall–Kier alpha value is -3.49. The number of carbonyl (C=O) groups is 2. The first-order valence-electron chi connectivity index (χ1n) is 10.0. The number of thioether (sulfide) groups is 1. The van der Waals surface area contributed by atoms with E-state index in [0.29, 0.717) is 32.7 Å². The zero-order chi connectivity index (χ0) is 22.9. The van der Waals surface area contributed by atoms with Crippen molar-refractivity contribution in [1.29, 1.82) is 0 Å². The van der Waals surface area contributed by atoms with Gasteiger partial charge in [0.05, 0.1) is 5.25 Å². The first kappa shape index (κ1) is 21.4. The maximum atomic E-state index is 14.0. The van der Waals surface area contributed by atoms with E-state index in [0.717, 1.165) is 0 Å². The summed E-state index contributed by atoms with van der Waals surface area (Å²) in [4.78, 5) is 26.7. The van der Waals surface area contributed by atoms with Crippen molar-refractivity contribution >= 4 is 35.2 Å². The van der Waals surface area contributed by atoms with Crippen LogP contribution in [0.25, 0.3) is 11.4 Å². The summed E-state index contributed by atoms with van der Waals surface area (Å²) in [6.07, 6.45) is 0. The molecule has 2 heterocycles. The molecule has 0 aliphatic carbocycles. The minimum absolute atomic E-state index is 0.321. The lowest BCUT2D eigenvalue weighted by molar-refractivity contribution is 0.0789. The fraction of sp³-hybridized carbons (Fsp3) is 0.0833. The molecule has 0 bridgehead atoms. The van der Waals surface area contributed by atoms with Crippen LogP contribution in [0.4, 0.5) is 4.39 Å². The molecule has 2 atom stereocenters. The van der Waals surface area contributed by atoms with Gasteiger partial charge in [0.2, 0.25) is 0 Å². The Morgan fingerprint density at radius 2 is 1.79 bits per heavy atom. The van der Waals surface area contributed by atoms with Crippen molar-refractivity contribution in [1.82, 2.24) is 20.1 Å². The van der Waals surface area contributed by atoms with Crippen LogP contribution in [0.3, 0.4) is 0 Å². The second kappa shape index (κ2) is 8.80. The summed E-state index contributed by atoms with van der Waals surface area (Å²) in [6.45, 7) is 0. The highest BCUT2D eigenvalue weighted by Crippen LogP contribution is 2.43. The smallest absolute Gasteiger partial charge is 0.258 e. The van der Waals surface area contributed by atoms with Crippen LogP contribution in [0.15, 0.2) is 84.0 Å². The first-order valence-corrected chi connectivity index (χ1v) is 11.3. The van der Waals surface area contributed by atoms with Gasteiger partial charge in [0.1, 0.15) is 11.9 Å². The Morgan fingerprint density at radius 1 is 1.00 bits per heavy atom. The maximum Gasteiger partial charge on any atom is 0.258 e. The lowest BCUT2D eigenvalue weighted by Crippen LogP contribution is -2.48.